The van der Waals surface area contributed by atoms with Gasteiger partial charge in [0.25, 0.3) is 5.91 Å². The van der Waals surface area contributed by atoms with Gasteiger partial charge in [-0.15, -0.1) is 11.3 Å². The van der Waals surface area contributed by atoms with Crippen LogP contribution in [0.5, 0.6) is 0 Å². The van der Waals surface area contributed by atoms with Gasteiger partial charge in [0.1, 0.15) is 9.71 Å². The van der Waals surface area contributed by atoms with Gasteiger partial charge in [-0.2, -0.15) is 13.2 Å². The van der Waals surface area contributed by atoms with E-state index in [0.29, 0.717) is 15.9 Å². The minimum Gasteiger partial charge on any atom is -0.397 e. The molecule has 3 N–H and O–H groups in total. The molecule has 0 unspecified atom stereocenters. The Morgan fingerprint density at radius 1 is 1.32 bits per heavy atom. The summed E-state index contributed by atoms with van der Waals surface area (Å²) in [5, 5.41) is 3.21. The number of nitrogens with one attached hydrogen (secondary N) is 1. The minimum absolute atomic E-state index is 0.0607. The number of carbonyl (C=O) groups excluding carboxylic acids is 1. The number of nitrogens with zero attached hydrogens (tertiary/aromatic N) is 2. The van der Waals surface area contributed by atoms with Gasteiger partial charge in [-0.05, 0) is 36.9 Å². The SMILES string of the molecule is CN1CCc2nc3sc(C(=O)Nc4cccc(C(F)(F)F)c4)c(N)c3cc2C1. The van der Waals surface area contributed by atoms with Gasteiger partial charge in [-0.1, -0.05) is 6.07 Å². The van der Waals surface area contributed by atoms with Crippen molar-refractivity contribution >= 4 is 38.8 Å². The van der Waals surface area contributed by atoms with Gasteiger partial charge in [-0.25, -0.2) is 4.98 Å². The maximum Gasteiger partial charge on any atom is 0.416 e. The fourth-order valence-corrected chi connectivity index (χ4v) is 4.26. The van der Waals surface area contributed by atoms with Crippen LogP contribution in [0, 0.1) is 0 Å². The molecule has 0 bridgehead atoms. The molecule has 0 saturated carbocycles. The molecule has 0 atom stereocenters. The first-order valence-corrected chi connectivity index (χ1v) is 9.42. The largest absolute Gasteiger partial charge is 0.416 e. The Morgan fingerprint density at radius 2 is 2.11 bits per heavy atom. The topological polar surface area (TPSA) is 71.2 Å². The summed E-state index contributed by atoms with van der Waals surface area (Å²) in [6.07, 6.45) is -3.65. The van der Waals surface area contributed by atoms with E-state index in [-0.39, 0.29) is 10.6 Å². The molecule has 4 rings (SSSR count). The number of aromatic nitrogens is 1. The predicted molar refractivity (Wildman–Crippen MR) is 103 cm³/mol. The third-order valence-corrected chi connectivity index (χ3v) is 5.83. The Hall–Kier alpha value is -2.65. The minimum atomic E-state index is -4.48. The summed E-state index contributed by atoms with van der Waals surface area (Å²) in [4.78, 5) is 20.4. The van der Waals surface area contributed by atoms with Crippen molar-refractivity contribution in [2.45, 2.75) is 19.1 Å². The number of alkyl halides is 3. The number of rotatable bonds is 2. The maximum absolute atomic E-state index is 12.9. The zero-order valence-electron chi connectivity index (χ0n) is 14.9. The van der Waals surface area contributed by atoms with Crippen LogP contribution in [0.2, 0.25) is 0 Å². The Morgan fingerprint density at radius 3 is 2.86 bits per heavy atom. The van der Waals surface area contributed by atoms with E-state index >= 15 is 0 Å². The molecule has 9 heteroatoms. The lowest BCUT2D eigenvalue weighted by Gasteiger charge is -2.24. The fourth-order valence-electron chi connectivity index (χ4n) is 3.27. The Bertz CT molecular complexity index is 1080. The van der Waals surface area contributed by atoms with Crippen molar-refractivity contribution in [3.05, 3.63) is 52.0 Å². The number of anilines is 2. The average molecular weight is 406 g/mol. The van der Waals surface area contributed by atoms with Crippen LogP contribution < -0.4 is 11.1 Å². The summed E-state index contributed by atoms with van der Waals surface area (Å²) in [5.41, 5.74) is 7.79. The third kappa shape index (κ3) is 3.43. The molecule has 0 saturated heterocycles. The van der Waals surface area contributed by atoms with Crippen LogP contribution in [0.25, 0.3) is 10.2 Å². The number of fused-ring (bicyclic) bond motifs is 2. The van der Waals surface area contributed by atoms with E-state index in [1.54, 1.807) is 0 Å². The first-order valence-electron chi connectivity index (χ1n) is 8.60. The molecule has 3 heterocycles. The molecule has 0 radical (unpaired) electrons. The molecule has 1 aromatic carbocycles. The van der Waals surface area contributed by atoms with Crippen molar-refractivity contribution in [2.75, 3.05) is 24.6 Å². The van der Waals surface area contributed by atoms with E-state index in [1.165, 1.54) is 12.1 Å². The quantitative estimate of drug-likeness (QED) is 0.671. The Labute approximate surface area is 163 Å². The molecule has 1 aliphatic rings. The van der Waals surface area contributed by atoms with Crippen molar-refractivity contribution < 1.29 is 18.0 Å². The predicted octanol–water partition coefficient (Wildman–Crippen LogP) is 4.14. The van der Waals surface area contributed by atoms with Gasteiger partial charge in [0.2, 0.25) is 0 Å². The second-order valence-corrected chi connectivity index (χ2v) is 7.81. The molecule has 3 aromatic rings. The highest BCUT2D eigenvalue weighted by Crippen LogP contribution is 2.36. The van der Waals surface area contributed by atoms with E-state index in [4.69, 9.17) is 5.73 Å². The zero-order valence-corrected chi connectivity index (χ0v) is 15.7. The average Bonchev–Trinajstić information content (AvgIpc) is 2.95. The molecule has 146 valence electrons. The van der Waals surface area contributed by atoms with Gasteiger partial charge in [-0.3, -0.25) is 4.79 Å². The highest BCUT2D eigenvalue weighted by atomic mass is 32.1. The van der Waals surface area contributed by atoms with Crippen molar-refractivity contribution in [1.29, 1.82) is 0 Å². The number of hydrogen-bond acceptors (Lipinski definition) is 5. The molecule has 28 heavy (non-hydrogen) atoms. The third-order valence-electron chi connectivity index (χ3n) is 4.71. The molecule has 1 aliphatic heterocycles. The van der Waals surface area contributed by atoms with Crippen LogP contribution in [0.4, 0.5) is 24.5 Å². The maximum atomic E-state index is 12.9. The summed E-state index contributed by atoms with van der Waals surface area (Å²) >= 11 is 1.15. The second-order valence-electron chi connectivity index (χ2n) is 6.81. The lowest BCUT2D eigenvalue weighted by Crippen LogP contribution is -2.27. The number of nitrogens with two attached hydrogens (primary N) is 1. The second kappa shape index (κ2) is 6.75. The van der Waals surface area contributed by atoms with Crippen LogP contribution in [0.3, 0.4) is 0 Å². The number of carbonyl (C=O) groups is 1. The number of thiophene rings is 1. The van der Waals surface area contributed by atoms with E-state index in [9.17, 15) is 18.0 Å². The summed E-state index contributed by atoms with van der Waals surface area (Å²) < 4.78 is 38.6. The molecule has 5 nitrogen and oxygen atoms in total. The number of likely N-dealkylation sites (N-methyl/N-ethyl adjacent to an activating group) is 1. The van der Waals surface area contributed by atoms with Crippen molar-refractivity contribution in [3.8, 4) is 0 Å². The molecular weight excluding hydrogens is 389 g/mol. The summed E-state index contributed by atoms with van der Waals surface area (Å²) in [5.74, 6) is -0.546. The lowest BCUT2D eigenvalue weighted by molar-refractivity contribution is -0.137. The van der Waals surface area contributed by atoms with Crippen molar-refractivity contribution in [2.24, 2.45) is 0 Å². The summed E-state index contributed by atoms with van der Waals surface area (Å²) in [7, 11) is 2.03. The Kier molecular flexibility index (Phi) is 4.51. The highest BCUT2D eigenvalue weighted by Gasteiger charge is 2.30. The number of benzene rings is 1. The number of pyridine rings is 1. The molecule has 1 amide bonds. The highest BCUT2D eigenvalue weighted by molar-refractivity contribution is 7.21. The number of hydrogen-bond donors (Lipinski definition) is 2. The first-order chi connectivity index (χ1) is 13.2. The molecule has 0 aliphatic carbocycles. The lowest BCUT2D eigenvalue weighted by atomic mass is 10.0. The number of amides is 1. The van der Waals surface area contributed by atoms with Gasteiger partial charge in [0.05, 0.1) is 11.3 Å². The van der Waals surface area contributed by atoms with Crippen molar-refractivity contribution in [3.63, 3.8) is 0 Å². The number of nitrogen functional groups attached to an aromatic ring is 1. The van der Waals surface area contributed by atoms with Gasteiger partial charge in [0.15, 0.2) is 0 Å². The standard InChI is InChI=1S/C19H17F3N4OS/c1-26-6-5-14-10(9-26)7-13-15(23)16(28-18(13)25-14)17(27)24-12-4-2-3-11(8-12)19(20,21)22/h2-4,7-8H,5-6,9,23H2,1H3,(H,24,27). The van der Waals surface area contributed by atoms with Gasteiger partial charge in [0, 0.05) is 36.3 Å². The Balaban J connectivity index is 1.66. The molecular formula is C19H17F3N4OS. The molecule has 0 spiro atoms. The summed E-state index contributed by atoms with van der Waals surface area (Å²) in [6, 6.07) is 6.46. The van der Waals surface area contributed by atoms with Crippen LogP contribution in [-0.4, -0.2) is 29.4 Å². The molecule has 0 fully saturated rings. The monoisotopic (exact) mass is 406 g/mol. The normalized spacial score (nSPS) is 14.9. The van der Waals surface area contributed by atoms with E-state index in [2.05, 4.69) is 15.2 Å². The van der Waals surface area contributed by atoms with E-state index < -0.39 is 17.6 Å². The van der Waals surface area contributed by atoms with Crippen LogP contribution >= 0.6 is 11.3 Å². The van der Waals surface area contributed by atoms with Crippen LogP contribution in [0.1, 0.15) is 26.5 Å². The smallest absolute Gasteiger partial charge is 0.397 e. The van der Waals surface area contributed by atoms with Gasteiger partial charge < -0.3 is 16.0 Å². The van der Waals surface area contributed by atoms with E-state index in [1.807, 2.05) is 13.1 Å². The van der Waals surface area contributed by atoms with Crippen LogP contribution in [0.15, 0.2) is 30.3 Å². The van der Waals surface area contributed by atoms with Crippen molar-refractivity contribution in [1.82, 2.24) is 9.88 Å². The van der Waals surface area contributed by atoms with Gasteiger partial charge >= 0.3 is 6.18 Å². The first kappa shape index (κ1) is 18.7. The molecule has 2 aromatic heterocycles. The zero-order chi connectivity index (χ0) is 20.1. The number of halogens is 3. The van der Waals surface area contributed by atoms with E-state index in [0.717, 1.165) is 54.2 Å². The van der Waals surface area contributed by atoms with Crippen LogP contribution in [-0.2, 0) is 19.1 Å². The summed E-state index contributed by atoms with van der Waals surface area (Å²) in [6.45, 7) is 1.68. The fraction of sp³-hybridized carbons (Fsp3) is 0.263.